The van der Waals surface area contributed by atoms with Gasteiger partial charge in [0.1, 0.15) is 0 Å². The predicted octanol–water partition coefficient (Wildman–Crippen LogP) is 3.22. The second-order valence-corrected chi connectivity index (χ2v) is 5.05. The van der Waals surface area contributed by atoms with Crippen molar-refractivity contribution in [1.82, 2.24) is 0 Å². The molecule has 0 aromatic heterocycles. The van der Waals surface area contributed by atoms with Crippen molar-refractivity contribution in [2.24, 2.45) is 0 Å². The number of likely N-dealkylation sites (N-methyl/N-ethyl adjacent to an activating group) is 1. The summed E-state index contributed by atoms with van der Waals surface area (Å²) in [6.45, 7) is 0. The minimum Gasteiger partial charge on any atom is -0.493 e. The molecule has 1 aliphatic rings. The number of methoxy groups -OCH3 is 2. The van der Waals surface area contributed by atoms with Gasteiger partial charge in [-0.15, -0.1) is 0 Å². The summed E-state index contributed by atoms with van der Waals surface area (Å²) < 4.78 is 10.5. The molecule has 0 unspecified atom stereocenters. The summed E-state index contributed by atoms with van der Waals surface area (Å²) in [5.41, 5.74) is 3.46. The molecule has 2 aromatic carbocycles. The van der Waals surface area contributed by atoms with Crippen molar-refractivity contribution >= 4 is 23.2 Å². The van der Waals surface area contributed by atoms with E-state index in [1.54, 1.807) is 26.2 Å². The standard InChI is InChI=1S/C18H17NO3/c1-19-15-7-5-4-6-13(15)14(18(19)20)10-12-8-9-16(21-2)17(11-12)22-3/h4-11H,1-3H3. The highest BCUT2D eigenvalue weighted by atomic mass is 16.5. The second kappa shape index (κ2) is 5.56. The van der Waals surface area contributed by atoms with Crippen molar-refractivity contribution in [3.05, 3.63) is 53.6 Å². The lowest BCUT2D eigenvalue weighted by atomic mass is 10.0. The molecule has 0 saturated heterocycles. The predicted molar refractivity (Wildman–Crippen MR) is 87.3 cm³/mol. The van der Waals surface area contributed by atoms with Gasteiger partial charge in [0.2, 0.25) is 0 Å². The molecule has 0 aliphatic carbocycles. The molecule has 4 heteroatoms. The first-order valence-electron chi connectivity index (χ1n) is 6.97. The Labute approximate surface area is 129 Å². The largest absolute Gasteiger partial charge is 0.493 e. The van der Waals surface area contributed by atoms with Crippen LogP contribution in [0, 0.1) is 0 Å². The second-order valence-electron chi connectivity index (χ2n) is 5.05. The van der Waals surface area contributed by atoms with Crippen LogP contribution in [0.1, 0.15) is 11.1 Å². The number of carbonyl (C=O) groups is 1. The van der Waals surface area contributed by atoms with E-state index in [-0.39, 0.29) is 5.91 Å². The highest BCUT2D eigenvalue weighted by Gasteiger charge is 2.28. The maximum absolute atomic E-state index is 12.4. The molecule has 0 spiro atoms. The third-order valence-electron chi connectivity index (χ3n) is 3.81. The van der Waals surface area contributed by atoms with E-state index in [2.05, 4.69) is 0 Å². The van der Waals surface area contributed by atoms with Crippen molar-refractivity contribution in [3.8, 4) is 11.5 Å². The van der Waals surface area contributed by atoms with Gasteiger partial charge in [0.25, 0.3) is 5.91 Å². The summed E-state index contributed by atoms with van der Waals surface area (Å²) in [5, 5.41) is 0. The highest BCUT2D eigenvalue weighted by Crippen LogP contribution is 2.37. The normalized spacial score (nSPS) is 15.1. The van der Waals surface area contributed by atoms with E-state index in [1.165, 1.54) is 0 Å². The number of benzene rings is 2. The Morgan fingerprint density at radius 1 is 1.00 bits per heavy atom. The van der Waals surface area contributed by atoms with Gasteiger partial charge >= 0.3 is 0 Å². The summed E-state index contributed by atoms with van der Waals surface area (Å²) >= 11 is 0. The van der Waals surface area contributed by atoms with Crippen LogP contribution >= 0.6 is 0 Å². The van der Waals surface area contributed by atoms with Crippen LogP contribution in [-0.2, 0) is 4.79 Å². The van der Waals surface area contributed by atoms with Crippen LogP contribution in [0.3, 0.4) is 0 Å². The van der Waals surface area contributed by atoms with E-state index in [4.69, 9.17) is 9.47 Å². The summed E-state index contributed by atoms with van der Waals surface area (Å²) in [5.74, 6) is 1.31. The number of amides is 1. The minimum absolute atomic E-state index is 0.00372. The van der Waals surface area contributed by atoms with E-state index < -0.39 is 0 Å². The lowest BCUT2D eigenvalue weighted by Gasteiger charge is -2.08. The SMILES string of the molecule is COc1ccc(C=C2C(=O)N(C)c3ccccc32)cc1OC. The number of nitrogens with zero attached hydrogens (tertiary/aromatic N) is 1. The average Bonchev–Trinajstić information content (AvgIpc) is 2.80. The molecule has 0 fully saturated rings. The Hall–Kier alpha value is -2.75. The molecule has 1 amide bonds. The Morgan fingerprint density at radius 3 is 2.45 bits per heavy atom. The van der Waals surface area contributed by atoms with E-state index in [0.29, 0.717) is 17.1 Å². The first-order chi connectivity index (χ1) is 10.7. The van der Waals surface area contributed by atoms with Gasteiger partial charge in [-0.1, -0.05) is 24.3 Å². The minimum atomic E-state index is -0.00372. The molecule has 0 bridgehead atoms. The Kier molecular flexibility index (Phi) is 3.59. The van der Waals surface area contributed by atoms with Gasteiger partial charge in [0.15, 0.2) is 11.5 Å². The van der Waals surface area contributed by atoms with Gasteiger partial charge in [-0.05, 0) is 29.8 Å². The average molecular weight is 295 g/mol. The van der Waals surface area contributed by atoms with Crippen LogP contribution in [0.2, 0.25) is 0 Å². The van der Waals surface area contributed by atoms with Crippen LogP contribution < -0.4 is 14.4 Å². The van der Waals surface area contributed by atoms with Crippen molar-refractivity contribution in [3.63, 3.8) is 0 Å². The molecule has 112 valence electrons. The lowest BCUT2D eigenvalue weighted by Crippen LogP contribution is -2.20. The zero-order valence-electron chi connectivity index (χ0n) is 12.8. The van der Waals surface area contributed by atoms with Gasteiger partial charge in [-0.2, -0.15) is 0 Å². The molecular formula is C18H17NO3. The zero-order valence-corrected chi connectivity index (χ0v) is 12.8. The maximum Gasteiger partial charge on any atom is 0.258 e. The lowest BCUT2D eigenvalue weighted by molar-refractivity contribution is -0.112. The number of carbonyl (C=O) groups excluding carboxylic acids is 1. The molecule has 0 atom stereocenters. The van der Waals surface area contributed by atoms with Crippen molar-refractivity contribution in [2.75, 3.05) is 26.2 Å². The van der Waals surface area contributed by atoms with Gasteiger partial charge in [0, 0.05) is 18.2 Å². The molecule has 0 radical (unpaired) electrons. The Bertz CT molecular complexity index is 765. The summed E-state index contributed by atoms with van der Waals surface area (Å²) in [6, 6.07) is 13.4. The van der Waals surface area contributed by atoms with Crippen molar-refractivity contribution < 1.29 is 14.3 Å². The molecule has 4 nitrogen and oxygen atoms in total. The number of ether oxygens (including phenoxy) is 2. The zero-order chi connectivity index (χ0) is 15.7. The van der Waals surface area contributed by atoms with Crippen LogP contribution in [0.15, 0.2) is 42.5 Å². The quantitative estimate of drug-likeness (QED) is 0.816. The Morgan fingerprint density at radius 2 is 1.73 bits per heavy atom. The van der Waals surface area contributed by atoms with Gasteiger partial charge in [0.05, 0.1) is 19.9 Å². The molecule has 0 saturated carbocycles. The first-order valence-corrected chi connectivity index (χ1v) is 6.97. The van der Waals surface area contributed by atoms with Gasteiger partial charge < -0.3 is 14.4 Å². The molecule has 0 N–H and O–H groups in total. The van der Waals surface area contributed by atoms with Crippen molar-refractivity contribution in [2.45, 2.75) is 0 Å². The number of hydrogen-bond donors (Lipinski definition) is 0. The van der Waals surface area contributed by atoms with Crippen LogP contribution in [-0.4, -0.2) is 27.2 Å². The first kappa shape index (κ1) is 14.2. The summed E-state index contributed by atoms with van der Waals surface area (Å²) in [6.07, 6.45) is 1.88. The number of rotatable bonds is 3. The monoisotopic (exact) mass is 295 g/mol. The fourth-order valence-electron chi connectivity index (χ4n) is 2.65. The molecule has 1 aliphatic heterocycles. The maximum atomic E-state index is 12.4. The number of para-hydroxylation sites is 1. The number of fused-ring (bicyclic) bond motifs is 1. The molecule has 3 rings (SSSR count). The molecule has 1 heterocycles. The van der Waals surface area contributed by atoms with Crippen LogP contribution in [0.4, 0.5) is 5.69 Å². The van der Waals surface area contributed by atoms with E-state index in [9.17, 15) is 4.79 Å². The summed E-state index contributed by atoms with van der Waals surface area (Å²) in [7, 11) is 4.98. The fourth-order valence-corrected chi connectivity index (χ4v) is 2.65. The van der Waals surface area contributed by atoms with Crippen LogP contribution in [0.25, 0.3) is 11.6 Å². The van der Waals surface area contributed by atoms with Gasteiger partial charge in [-0.25, -0.2) is 0 Å². The number of hydrogen-bond acceptors (Lipinski definition) is 3. The fraction of sp³-hybridized carbons (Fsp3) is 0.167. The topological polar surface area (TPSA) is 38.8 Å². The molecule has 2 aromatic rings. The summed E-state index contributed by atoms with van der Waals surface area (Å²) in [4.78, 5) is 14.1. The smallest absolute Gasteiger partial charge is 0.258 e. The van der Waals surface area contributed by atoms with E-state index in [0.717, 1.165) is 16.8 Å². The Balaban J connectivity index is 2.08. The number of anilines is 1. The third-order valence-corrected chi connectivity index (χ3v) is 3.81. The highest BCUT2D eigenvalue weighted by molar-refractivity contribution is 6.35. The van der Waals surface area contributed by atoms with E-state index in [1.807, 2.05) is 48.5 Å². The van der Waals surface area contributed by atoms with Crippen molar-refractivity contribution in [1.29, 1.82) is 0 Å². The molecule has 22 heavy (non-hydrogen) atoms. The van der Waals surface area contributed by atoms with Crippen LogP contribution in [0.5, 0.6) is 11.5 Å². The third kappa shape index (κ3) is 2.22. The van der Waals surface area contributed by atoms with Gasteiger partial charge in [-0.3, -0.25) is 4.79 Å². The van der Waals surface area contributed by atoms with E-state index >= 15 is 0 Å². The molecular weight excluding hydrogens is 278 g/mol.